The van der Waals surface area contributed by atoms with Gasteiger partial charge >= 0.3 is 6.18 Å². The first-order chi connectivity index (χ1) is 20.0. The molecule has 5 rings (SSSR count). The first-order valence-electron chi connectivity index (χ1n) is 13.6. The molecule has 13 heteroatoms. The van der Waals surface area contributed by atoms with Crippen LogP contribution in [0.4, 0.5) is 39.0 Å². The fraction of sp³-hybridized carbons (Fsp3) is 0.414. The highest BCUT2D eigenvalue weighted by Crippen LogP contribution is 2.38. The molecule has 224 valence electrons. The third kappa shape index (κ3) is 6.56. The molecule has 0 radical (unpaired) electrons. The zero-order valence-corrected chi connectivity index (χ0v) is 22.5. The molecule has 3 aromatic rings. The lowest BCUT2D eigenvalue weighted by atomic mass is 9.92. The van der Waals surface area contributed by atoms with E-state index >= 15 is 4.39 Å². The number of alkyl halides is 3. The summed E-state index contributed by atoms with van der Waals surface area (Å²) in [6.45, 7) is 1.56. The standard InChI is InChI=1S/C29H29F5N4O4/c30-19-2-8-23-18(15-19)1-9-26(28(23)31)36-11-13-37(14-12-36)27(39)17-42-22-6-3-20(4-7-22)35-21-5-10-25(38(40)41)24(16-21)29(32,33)34/h1-2,5,8-10,15-16,20,22,35H,3-4,6-7,11-14,17H2/t20-,22-. The highest BCUT2D eigenvalue weighted by molar-refractivity contribution is 5.87. The number of hydrogen-bond acceptors (Lipinski definition) is 6. The third-order valence-electron chi connectivity index (χ3n) is 7.85. The fourth-order valence-electron chi connectivity index (χ4n) is 5.59. The monoisotopic (exact) mass is 592 g/mol. The predicted octanol–water partition coefficient (Wildman–Crippen LogP) is 6.13. The molecular formula is C29H29F5N4O4. The van der Waals surface area contributed by atoms with E-state index in [1.54, 1.807) is 17.0 Å². The SMILES string of the molecule is O=C(CO[C@H]1CC[C@H](Nc2ccc([N+](=O)[O-])c(C(F)(F)F)c2)CC1)N1CCN(c2ccc3cc(F)ccc3c2F)CC1. The summed E-state index contributed by atoms with van der Waals surface area (Å²) in [6.07, 6.45) is -2.63. The molecule has 0 atom stereocenters. The van der Waals surface area contributed by atoms with Gasteiger partial charge in [0.2, 0.25) is 5.91 Å². The first-order valence-corrected chi connectivity index (χ1v) is 13.6. The van der Waals surface area contributed by atoms with E-state index in [1.807, 2.05) is 4.90 Å². The van der Waals surface area contributed by atoms with Gasteiger partial charge < -0.3 is 19.9 Å². The number of halogens is 5. The van der Waals surface area contributed by atoms with E-state index in [-0.39, 0.29) is 30.3 Å². The number of carbonyl (C=O) groups is 1. The minimum Gasteiger partial charge on any atom is -0.382 e. The van der Waals surface area contributed by atoms with E-state index in [1.165, 1.54) is 24.3 Å². The van der Waals surface area contributed by atoms with Crippen LogP contribution in [0.25, 0.3) is 10.8 Å². The van der Waals surface area contributed by atoms with Crippen LogP contribution >= 0.6 is 0 Å². The Labute approximate surface area is 238 Å². The summed E-state index contributed by atoms with van der Waals surface area (Å²) < 4.78 is 74.2. The predicted molar refractivity (Wildman–Crippen MR) is 146 cm³/mol. The molecule has 1 saturated heterocycles. The van der Waals surface area contributed by atoms with Gasteiger partial charge in [-0.05, 0) is 67.5 Å². The maximum Gasteiger partial charge on any atom is 0.423 e. The van der Waals surface area contributed by atoms with Crippen LogP contribution in [0.15, 0.2) is 48.5 Å². The Hall–Kier alpha value is -4.00. The second kappa shape index (κ2) is 12.1. The Morgan fingerprint density at radius 1 is 0.976 bits per heavy atom. The van der Waals surface area contributed by atoms with Gasteiger partial charge in [0.25, 0.3) is 5.69 Å². The molecule has 1 amide bonds. The van der Waals surface area contributed by atoms with Gasteiger partial charge in [-0.2, -0.15) is 13.2 Å². The van der Waals surface area contributed by atoms with Crippen LogP contribution in [-0.4, -0.2) is 60.7 Å². The maximum atomic E-state index is 15.1. The van der Waals surface area contributed by atoms with E-state index in [4.69, 9.17) is 4.74 Å². The van der Waals surface area contributed by atoms with Gasteiger partial charge in [0, 0.05) is 49.4 Å². The highest BCUT2D eigenvalue weighted by Gasteiger charge is 2.38. The number of benzene rings is 3. The summed E-state index contributed by atoms with van der Waals surface area (Å²) in [4.78, 5) is 26.2. The van der Waals surface area contributed by atoms with Gasteiger partial charge in [0.05, 0.1) is 16.7 Å². The molecule has 2 aliphatic rings. The Kier molecular flexibility index (Phi) is 8.48. The number of hydrogen-bond donors (Lipinski definition) is 1. The molecule has 0 unspecified atom stereocenters. The molecule has 0 spiro atoms. The van der Waals surface area contributed by atoms with Gasteiger partial charge in [0.15, 0.2) is 5.82 Å². The van der Waals surface area contributed by atoms with E-state index in [9.17, 15) is 32.5 Å². The van der Waals surface area contributed by atoms with Crippen molar-refractivity contribution >= 4 is 33.7 Å². The summed E-state index contributed by atoms with van der Waals surface area (Å²) in [5.41, 5.74) is -1.72. The van der Waals surface area contributed by atoms with Crippen molar-refractivity contribution in [3.05, 3.63) is 75.8 Å². The minimum absolute atomic E-state index is 0.101. The molecule has 1 saturated carbocycles. The van der Waals surface area contributed by atoms with Crippen LogP contribution < -0.4 is 10.2 Å². The number of piperazine rings is 1. The van der Waals surface area contributed by atoms with Crippen molar-refractivity contribution in [2.24, 2.45) is 0 Å². The van der Waals surface area contributed by atoms with Crippen molar-refractivity contribution < 1.29 is 36.4 Å². The third-order valence-corrected chi connectivity index (χ3v) is 7.85. The number of nitro benzene ring substituents is 1. The van der Waals surface area contributed by atoms with Crippen molar-refractivity contribution in [3.8, 4) is 0 Å². The quantitative estimate of drug-likeness (QED) is 0.202. The number of nitrogens with one attached hydrogen (secondary N) is 1. The van der Waals surface area contributed by atoms with Crippen molar-refractivity contribution in [1.29, 1.82) is 0 Å². The fourth-order valence-corrected chi connectivity index (χ4v) is 5.59. The van der Waals surface area contributed by atoms with E-state index in [0.717, 1.165) is 12.1 Å². The van der Waals surface area contributed by atoms with Crippen LogP contribution in [0, 0.1) is 21.7 Å². The number of nitrogens with zero attached hydrogens (tertiary/aromatic N) is 3. The smallest absolute Gasteiger partial charge is 0.382 e. The molecule has 3 aromatic carbocycles. The lowest BCUT2D eigenvalue weighted by molar-refractivity contribution is -0.388. The molecule has 2 fully saturated rings. The number of carbonyl (C=O) groups excluding carboxylic acids is 1. The van der Waals surface area contributed by atoms with Crippen LogP contribution in [0.1, 0.15) is 31.2 Å². The Morgan fingerprint density at radius 2 is 1.69 bits per heavy atom. The van der Waals surface area contributed by atoms with Crippen molar-refractivity contribution in [3.63, 3.8) is 0 Å². The molecule has 0 bridgehead atoms. The molecule has 1 aliphatic heterocycles. The zero-order valence-electron chi connectivity index (χ0n) is 22.5. The topological polar surface area (TPSA) is 87.9 Å². The van der Waals surface area contributed by atoms with Crippen LogP contribution in [-0.2, 0) is 15.7 Å². The Morgan fingerprint density at radius 3 is 2.36 bits per heavy atom. The zero-order chi connectivity index (χ0) is 30.0. The Bertz CT molecular complexity index is 1470. The van der Waals surface area contributed by atoms with Gasteiger partial charge in [-0.15, -0.1) is 0 Å². The van der Waals surface area contributed by atoms with Crippen LogP contribution in [0.2, 0.25) is 0 Å². The van der Waals surface area contributed by atoms with Crippen molar-refractivity contribution in [2.45, 2.75) is 44.0 Å². The van der Waals surface area contributed by atoms with E-state index < -0.39 is 34.0 Å². The van der Waals surface area contributed by atoms with Gasteiger partial charge in [-0.3, -0.25) is 14.9 Å². The normalized spacial score (nSPS) is 19.6. The van der Waals surface area contributed by atoms with Crippen LogP contribution in [0.5, 0.6) is 0 Å². The molecule has 8 nitrogen and oxygen atoms in total. The first kappa shape index (κ1) is 29.5. The lowest BCUT2D eigenvalue weighted by Gasteiger charge is -2.36. The summed E-state index contributed by atoms with van der Waals surface area (Å²) in [5, 5.41) is 14.8. The largest absolute Gasteiger partial charge is 0.423 e. The number of fused-ring (bicyclic) bond motifs is 1. The number of ether oxygens (including phenoxy) is 1. The average Bonchev–Trinajstić information content (AvgIpc) is 2.96. The molecule has 0 aromatic heterocycles. The Balaban J connectivity index is 1.07. The molecule has 42 heavy (non-hydrogen) atoms. The minimum atomic E-state index is -4.85. The van der Waals surface area contributed by atoms with Crippen molar-refractivity contribution in [1.82, 2.24) is 4.90 Å². The summed E-state index contributed by atoms with van der Waals surface area (Å²) in [6, 6.07) is 9.98. The molecular weight excluding hydrogens is 563 g/mol. The average molecular weight is 593 g/mol. The van der Waals surface area contributed by atoms with Crippen molar-refractivity contribution in [2.75, 3.05) is 43.0 Å². The number of amides is 1. The van der Waals surface area contributed by atoms with Gasteiger partial charge in [-0.1, -0.05) is 6.07 Å². The number of rotatable bonds is 7. The van der Waals surface area contributed by atoms with Gasteiger partial charge in [0.1, 0.15) is 18.0 Å². The second-order valence-corrected chi connectivity index (χ2v) is 10.5. The number of anilines is 2. The van der Waals surface area contributed by atoms with Gasteiger partial charge in [-0.25, -0.2) is 8.78 Å². The summed E-state index contributed by atoms with van der Waals surface area (Å²) in [7, 11) is 0. The van der Waals surface area contributed by atoms with E-state index in [2.05, 4.69) is 5.32 Å². The summed E-state index contributed by atoms with van der Waals surface area (Å²) in [5.74, 6) is -1.02. The van der Waals surface area contributed by atoms with E-state index in [0.29, 0.717) is 68.3 Å². The number of nitro groups is 1. The summed E-state index contributed by atoms with van der Waals surface area (Å²) >= 11 is 0. The maximum absolute atomic E-state index is 15.1. The molecule has 1 heterocycles. The van der Waals surface area contributed by atoms with Crippen LogP contribution in [0.3, 0.4) is 0 Å². The highest BCUT2D eigenvalue weighted by atomic mass is 19.4. The lowest BCUT2D eigenvalue weighted by Crippen LogP contribution is -2.50. The molecule has 1 aliphatic carbocycles. The second-order valence-electron chi connectivity index (χ2n) is 10.5. The molecule has 1 N–H and O–H groups in total.